The van der Waals surface area contributed by atoms with Crippen LogP contribution in [0, 0.1) is 0 Å². The van der Waals surface area contributed by atoms with Gasteiger partial charge in [0.25, 0.3) is 0 Å². The van der Waals surface area contributed by atoms with Crippen LogP contribution in [-0.2, 0) is 6.18 Å². The summed E-state index contributed by atoms with van der Waals surface area (Å²) in [7, 11) is 0. The van der Waals surface area contributed by atoms with Crippen molar-refractivity contribution in [1.29, 1.82) is 0 Å². The Morgan fingerprint density at radius 2 is 1.71 bits per heavy atom. The molecule has 0 amide bonds. The van der Waals surface area contributed by atoms with Gasteiger partial charge in [-0.2, -0.15) is 26.3 Å². The fourth-order valence-corrected chi connectivity index (χ4v) is 1.92. The molecule has 1 fully saturated rings. The molecule has 0 spiro atoms. The summed E-state index contributed by atoms with van der Waals surface area (Å²) >= 11 is 0. The molecule has 21 heavy (non-hydrogen) atoms. The van der Waals surface area contributed by atoms with Crippen LogP contribution in [0.25, 0.3) is 0 Å². The summed E-state index contributed by atoms with van der Waals surface area (Å²) in [4.78, 5) is 10.7. The fourth-order valence-electron chi connectivity index (χ4n) is 1.92. The number of carboxylic acids is 1. The highest BCUT2D eigenvalue weighted by atomic mass is 19.4. The SMILES string of the molecule is O=C(O)c1ccc(NC2(C(F)(F)F)CC2)cc1C(F)(F)F. The zero-order chi connectivity index (χ0) is 16.1. The van der Waals surface area contributed by atoms with Crippen LogP contribution >= 0.6 is 0 Å². The van der Waals surface area contributed by atoms with Crippen molar-refractivity contribution < 1.29 is 36.2 Å². The van der Waals surface area contributed by atoms with Gasteiger partial charge in [-0.25, -0.2) is 4.79 Å². The van der Waals surface area contributed by atoms with E-state index >= 15 is 0 Å². The summed E-state index contributed by atoms with van der Waals surface area (Å²) in [5.74, 6) is -1.80. The van der Waals surface area contributed by atoms with Crippen molar-refractivity contribution in [1.82, 2.24) is 0 Å². The predicted molar refractivity (Wildman–Crippen MR) is 60.0 cm³/mol. The van der Waals surface area contributed by atoms with E-state index in [2.05, 4.69) is 0 Å². The minimum atomic E-state index is -4.97. The molecule has 0 heterocycles. The first kappa shape index (κ1) is 15.5. The van der Waals surface area contributed by atoms with Gasteiger partial charge in [-0.1, -0.05) is 0 Å². The minimum absolute atomic E-state index is 0.238. The van der Waals surface area contributed by atoms with Crippen molar-refractivity contribution >= 4 is 11.7 Å². The molecule has 3 nitrogen and oxygen atoms in total. The second-order valence-electron chi connectivity index (χ2n) is 4.77. The van der Waals surface area contributed by atoms with E-state index < -0.39 is 40.7 Å². The van der Waals surface area contributed by atoms with Crippen molar-refractivity contribution in [2.75, 3.05) is 5.32 Å². The van der Waals surface area contributed by atoms with E-state index in [4.69, 9.17) is 5.11 Å². The maximum atomic E-state index is 12.8. The number of carboxylic acid groups (broad SMARTS) is 1. The number of aromatic carboxylic acids is 1. The van der Waals surface area contributed by atoms with E-state index in [9.17, 15) is 31.1 Å². The Labute approximate surface area is 114 Å². The second-order valence-corrected chi connectivity index (χ2v) is 4.77. The lowest BCUT2D eigenvalue weighted by Crippen LogP contribution is -2.38. The number of carbonyl (C=O) groups is 1. The quantitative estimate of drug-likeness (QED) is 0.832. The molecule has 9 heteroatoms. The molecule has 2 N–H and O–H groups in total. The minimum Gasteiger partial charge on any atom is -0.478 e. The van der Waals surface area contributed by atoms with Gasteiger partial charge in [-0.15, -0.1) is 0 Å². The molecule has 1 aliphatic rings. The number of alkyl halides is 6. The van der Waals surface area contributed by atoms with Gasteiger partial charge in [-0.05, 0) is 31.0 Å². The third-order valence-electron chi connectivity index (χ3n) is 3.23. The fraction of sp³-hybridized carbons (Fsp3) is 0.417. The lowest BCUT2D eigenvalue weighted by Gasteiger charge is -2.22. The van der Waals surface area contributed by atoms with Gasteiger partial charge < -0.3 is 10.4 Å². The highest BCUT2D eigenvalue weighted by molar-refractivity contribution is 5.90. The lowest BCUT2D eigenvalue weighted by molar-refractivity contribution is -0.151. The van der Waals surface area contributed by atoms with Crippen LogP contribution in [-0.4, -0.2) is 22.8 Å². The molecule has 0 saturated heterocycles. The number of hydrogen-bond acceptors (Lipinski definition) is 2. The van der Waals surface area contributed by atoms with E-state index in [0.717, 1.165) is 6.07 Å². The highest BCUT2D eigenvalue weighted by Crippen LogP contribution is 2.51. The monoisotopic (exact) mass is 313 g/mol. The van der Waals surface area contributed by atoms with Crippen molar-refractivity contribution in [3.8, 4) is 0 Å². The highest BCUT2D eigenvalue weighted by Gasteiger charge is 2.63. The Hall–Kier alpha value is -1.93. The molecule has 0 radical (unpaired) electrons. The molecule has 1 aromatic carbocycles. The summed E-state index contributed by atoms with van der Waals surface area (Å²) in [5.41, 5.74) is -5.13. The second kappa shape index (κ2) is 4.54. The van der Waals surface area contributed by atoms with Crippen LogP contribution in [0.5, 0.6) is 0 Å². The molecule has 1 aromatic rings. The van der Waals surface area contributed by atoms with Gasteiger partial charge in [0.2, 0.25) is 0 Å². The molecule has 0 atom stereocenters. The predicted octanol–water partition coefficient (Wildman–Crippen LogP) is 3.91. The standard InChI is InChI=1S/C12H9F6NO2/c13-11(14,15)8-5-6(1-2-7(8)9(20)21)19-10(3-4-10)12(16,17)18/h1-2,5,19H,3-4H2,(H,20,21). The van der Waals surface area contributed by atoms with Gasteiger partial charge in [-0.3, -0.25) is 0 Å². The maximum absolute atomic E-state index is 12.8. The zero-order valence-electron chi connectivity index (χ0n) is 10.3. The number of nitrogens with one attached hydrogen (secondary N) is 1. The van der Waals surface area contributed by atoms with Gasteiger partial charge in [0.1, 0.15) is 5.54 Å². The number of halogens is 6. The maximum Gasteiger partial charge on any atom is 0.417 e. The van der Waals surface area contributed by atoms with Crippen LogP contribution in [0.3, 0.4) is 0 Å². The van der Waals surface area contributed by atoms with Gasteiger partial charge >= 0.3 is 18.3 Å². The van der Waals surface area contributed by atoms with E-state index in [1.807, 2.05) is 5.32 Å². The number of anilines is 1. The Morgan fingerprint density at radius 3 is 2.10 bits per heavy atom. The molecule has 0 aliphatic heterocycles. The molecule has 0 unspecified atom stereocenters. The van der Waals surface area contributed by atoms with E-state index in [-0.39, 0.29) is 12.8 Å². The Kier molecular flexibility index (Phi) is 3.34. The van der Waals surface area contributed by atoms with Crippen molar-refractivity contribution in [2.45, 2.75) is 30.7 Å². The van der Waals surface area contributed by atoms with Crippen LogP contribution in [0.1, 0.15) is 28.8 Å². The van der Waals surface area contributed by atoms with Gasteiger partial charge in [0.05, 0.1) is 11.1 Å². The molecule has 2 rings (SSSR count). The van der Waals surface area contributed by atoms with Crippen molar-refractivity contribution in [3.63, 3.8) is 0 Å². The van der Waals surface area contributed by atoms with E-state index in [0.29, 0.717) is 12.1 Å². The van der Waals surface area contributed by atoms with Crippen LogP contribution in [0.15, 0.2) is 18.2 Å². The van der Waals surface area contributed by atoms with Crippen LogP contribution < -0.4 is 5.32 Å². The largest absolute Gasteiger partial charge is 0.478 e. The third kappa shape index (κ3) is 2.91. The number of hydrogen-bond donors (Lipinski definition) is 2. The van der Waals surface area contributed by atoms with Crippen molar-refractivity contribution in [2.24, 2.45) is 0 Å². The summed E-state index contributed by atoms with van der Waals surface area (Å²) < 4.78 is 76.5. The molecule has 0 bridgehead atoms. The first-order valence-electron chi connectivity index (χ1n) is 5.76. The normalized spacial score (nSPS) is 17.4. The first-order chi connectivity index (χ1) is 9.46. The third-order valence-corrected chi connectivity index (χ3v) is 3.23. The topological polar surface area (TPSA) is 49.3 Å². The molecule has 116 valence electrons. The van der Waals surface area contributed by atoms with Gasteiger partial charge in [0.15, 0.2) is 0 Å². The Bertz CT molecular complexity index is 574. The Morgan fingerprint density at radius 1 is 1.14 bits per heavy atom. The van der Waals surface area contributed by atoms with Crippen LogP contribution in [0.2, 0.25) is 0 Å². The van der Waals surface area contributed by atoms with Crippen molar-refractivity contribution in [3.05, 3.63) is 29.3 Å². The molecule has 1 saturated carbocycles. The molecular weight excluding hydrogens is 304 g/mol. The molecular formula is C12H9F6NO2. The average molecular weight is 313 g/mol. The first-order valence-corrected chi connectivity index (χ1v) is 5.76. The van der Waals surface area contributed by atoms with Crippen LogP contribution in [0.4, 0.5) is 32.0 Å². The summed E-state index contributed by atoms with van der Waals surface area (Å²) in [6, 6.07) is 1.92. The summed E-state index contributed by atoms with van der Waals surface area (Å²) in [6.45, 7) is 0. The molecule has 1 aliphatic carbocycles. The summed E-state index contributed by atoms with van der Waals surface area (Å²) in [6.07, 6.45) is -10.0. The number of benzene rings is 1. The Balaban J connectivity index is 2.38. The van der Waals surface area contributed by atoms with Gasteiger partial charge in [0, 0.05) is 5.69 Å². The average Bonchev–Trinajstić information content (AvgIpc) is 3.07. The molecule has 0 aromatic heterocycles. The summed E-state index contributed by atoms with van der Waals surface area (Å²) in [5, 5.41) is 10.7. The van der Waals surface area contributed by atoms with E-state index in [1.165, 1.54) is 0 Å². The zero-order valence-corrected chi connectivity index (χ0v) is 10.3. The smallest absolute Gasteiger partial charge is 0.417 e. The number of rotatable bonds is 3. The van der Waals surface area contributed by atoms with E-state index in [1.54, 1.807) is 0 Å². The lowest BCUT2D eigenvalue weighted by atomic mass is 10.1.